The highest BCUT2D eigenvalue weighted by molar-refractivity contribution is 6.32. The molecule has 0 aromatic heterocycles. The van der Waals surface area contributed by atoms with E-state index in [0.717, 1.165) is 26.7 Å². The summed E-state index contributed by atoms with van der Waals surface area (Å²) in [6, 6.07) is 14.0. The molecule has 0 aliphatic heterocycles. The van der Waals surface area contributed by atoms with E-state index >= 15 is 0 Å². The Morgan fingerprint density at radius 3 is 2.28 bits per heavy atom. The Balaban J connectivity index is 2.45. The topological polar surface area (TPSA) is 12.0 Å². The predicted octanol–water partition coefficient (Wildman–Crippen LogP) is 4.61. The van der Waals surface area contributed by atoms with Gasteiger partial charge in [-0.15, -0.1) is 0 Å². The number of aryl methyl sites for hydroxylation is 1. The summed E-state index contributed by atoms with van der Waals surface area (Å²) in [5.74, 6) is 0. The molecule has 1 unspecified atom stereocenters. The van der Waals surface area contributed by atoms with E-state index in [2.05, 4.69) is 5.32 Å². The van der Waals surface area contributed by atoms with Crippen LogP contribution in [0.15, 0.2) is 42.5 Å². The predicted molar refractivity (Wildman–Crippen MR) is 78.5 cm³/mol. The van der Waals surface area contributed by atoms with Crippen molar-refractivity contribution in [3.05, 3.63) is 69.2 Å². The molecular formula is C15H15Cl2N. The largest absolute Gasteiger partial charge is 0.309 e. The number of hydrogen-bond acceptors (Lipinski definition) is 1. The highest BCUT2D eigenvalue weighted by Crippen LogP contribution is 2.30. The van der Waals surface area contributed by atoms with Gasteiger partial charge in [-0.3, -0.25) is 0 Å². The van der Waals surface area contributed by atoms with Crippen molar-refractivity contribution in [3.63, 3.8) is 0 Å². The van der Waals surface area contributed by atoms with E-state index in [0.29, 0.717) is 0 Å². The fourth-order valence-electron chi connectivity index (χ4n) is 2.05. The molecule has 0 radical (unpaired) electrons. The molecule has 0 saturated heterocycles. The van der Waals surface area contributed by atoms with E-state index < -0.39 is 0 Å². The minimum Gasteiger partial charge on any atom is -0.309 e. The van der Waals surface area contributed by atoms with Crippen LogP contribution < -0.4 is 5.32 Å². The fourth-order valence-corrected chi connectivity index (χ4v) is 2.41. The van der Waals surface area contributed by atoms with Gasteiger partial charge in [-0.2, -0.15) is 0 Å². The summed E-state index contributed by atoms with van der Waals surface area (Å²) >= 11 is 12.3. The van der Waals surface area contributed by atoms with Gasteiger partial charge in [-0.1, -0.05) is 53.5 Å². The first-order valence-corrected chi connectivity index (χ1v) is 6.57. The molecule has 0 bridgehead atoms. The average molecular weight is 280 g/mol. The molecule has 0 aliphatic rings. The van der Waals surface area contributed by atoms with Gasteiger partial charge in [0, 0.05) is 10.0 Å². The lowest BCUT2D eigenvalue weighted by Crippen LogP contribution is -2.18. The lowest BCUT2D eigenvalue weighted by molar-refractivity contribution is 0.691. The monoisotopic (exact) mass is 279 g/mol. The van der Waals surface area contributed by atoms with Crippen LogP contribution in [0, 0.1) is 6.92 Å². The molecule has 2 aromatic carbocycles. The van der Waals surface area contributed by atoms with Crippen molar-refractivity contribution in [2.75, 3.05) is 7.05 Å². The number of halogens is 2. The number of benzene rings is 2. The Bertz CT molecular complexity index is 535. The summed E-state index contributed by atoms with van der Waals surface area (Å²) in [5.41, 5.74) is 3.32. The third kappa shape index (κ3) is 2.69. The van der Waals surface area contributed by atoms with Crippen molar-refractivity contribution in [1.82, 2.24) is 5.32 Å². The highest BCUT2D eigenvalue weighted by Gasteiger charge is 2.15. The van der Waals surface area contributed by atoms with Crippen LogP contribution in [0.25, 0.3) is 0 Å². The van der Waals surface area contributed by atoms with Gasteiger partial charge in [-0.25, -0.2) is 0 Å². The zero-order chi connectivity index (χ0) is 13.1. The number of rotatable bonds is 3. The van der Waals surface area contributed by atoms with Crippen molar-refractivity contribution in [2.45, 2.75) is 13.0 Å². The molecule has 3 heteroatoms. The summed E-state index contributed by atoms with van der Waals surface area (Å²) < 4.78 is 0. The summed E-state index contributed by atoms with van der Waals surface area (Å²) in [6.07, 6.45) is 0. The molecule has 0 saturated carbocycles. The molecule has 2 rings (SSSR count). The number of nitrogens with one attached hydrogen (secondary N) is 1. The van der Waals surface area contributed by atoms with Gasteiger partial charge >= 0.3 is 0 Å². The zero-order valence-electron chi connectivity index (χ0n) is 10.4. The van der Waals surface area contributed by atoms with Crippen molar-refractivity contribution in [2.24, 2.45) is 0 Å². The van der Waals surface area contributed by atoms with Gasteiger partial charge in [0.25, 0.3) is 0 Å². The Kier molecular flexibility index (Phi) is 4.28. The van der Waals surface area contributed by atoms with Gasteiger partial charge in [0.1, 0.15) is 0 Å². The molecule has 1 nitrogen and oxygen atoms in total. The van der Waals surface area contributed by atoms with Gasteiger partial charge in [0.05, 0.1) is 6.04 Å². The SMILES string of the molecule is CNC(c1ccc(Cl)cc1)c1cccc(C)c1Cl. The molecule has 2 aromatic rings. The Morgan fingerprint density at radius 2 is 1.67 bits per heavy atom. The quantitative estimate of drug-likeness (QED) is 0.865. The second kappa shape index (κ2) is 5.75. The molecule has 94 valence electrons. The molecule has 0 spiro atoms. The minimum absolute atomic E-state index is 0.0784. The third-order valence-corrected chi connectivity index (χ3v) is 3.79. The maximum absolute atomic E-state index is 6.38. The summed E-state index contributed by atoms with van der Waals surface area (Å²) in [6.45, 7) is 2.01. The van der Waals surface area contributed by atoms with E-state index in [1.807, 2.05) is 56.4 Å². The molecular weight excluding hydrogens is 265 g/mol. The number of hydrogen-bond donors (Lipinski definition) is 1. The Hall–Kier alpha value is -1.02. The van der Waals surface area contributed by atoms with Crippen molar-refractivity contribution in [3.8, 4) is 0 Å². The summed E-state index contributed by atoms with van der Waals surface area (Å²) in [7, 11) is 1.93. The van der Waals surface area contributed by atoms with Gasteiger partial charge < -0.3 is 5.32 Å². The zero-order valence-corrected chi connectivity index (χ0v) is 11.9. The molecule has 0 fully saturated rings. The normalized spacial score (nSPS) is 12.4. The van der Waals surface area contributed by atoms with Gasteiger partial charge in [0.2, 0.25) is 0 Å². The summed E-state index contributed by atoms with van der Waals surface area (Å²) in [5, 5.41) is 4.85. The van der Waals surface area contributed by atoms with Crippen LogP contribution in [0.4, 0.5) is 0 Å². The van der Waals surface area contributed by atoms with E-state index in [1.165, 1.54) is 0 Å². The standard InChI is InChI=1S/C15H15Cl2N/c1-10-4-3-5-13(14(10)17)15(18-2)11-6-8-12(16)9-7-11/h3-9,15,18H,1-2H3. The minimum atomic E-state index is 0.0784. The van der Waals surface area contributed by atoms with Crippen molar-refractivity contribution < 1.29 is 0 Å². The van der Waals surface area contributed by atoms with Crippen LogP contribution >= 0.6 is 23.2 Å². The molecule has 0 heterocycles. The van der Waals surface area contributed by atoms with E-state index in [-0.39, 0.29) is 6.04 Å². The molecule has 1 N–H and O–H groups in total. The van der Waals surface area contributed by atoms with Crippen LogP contribution in [0.2, 0.25) is 10.0 Å². The van der Waals surface area contributed by atoms with E-state index in [4.69, 9.17) is 23.2 Å². The lowest BCUT2D eigenvalue weighted by atomic mass is 9.97. The van der Waals surface area contributed by atoms with Crippen LogP contribution in [-0.2, 0) is 0 Å². The molecule has 1 atom stereocenters. The molecule has 0 amide bonds. The Labute approximate surface area is 118 Å². The lowest BCUT2D eigenvalue weighted by Gasteiger charge is -2.19. The average Bonchev–Trinajstić information content (AvgIpc) is 2.37. The smallest absolute Gasteiger partial charge is 0.0589 e. The summed E-state index contributed by atoms with van der Waals surface area (Å²) in [4.78, 5) is 0. The van der Waals surface area contributed by atoms with Crippen LogP contribution in [0.1, 0.15) is 22.7 Å². The van der Waals surface area contributed by atoms with Gasteiger partial charge in [0.15, 0.2) is 0 Å². The third-order valence-electron chi connectivity index (χ3n) is 3.02. The van der Waals surface area contributed by atoms with Gasteiger partial charge in [-0.05, 0) is 42.8 Å². The van der Waals surface area contributed by atoms with Crippen LogP contribution in [0.3, 0.4) is 0 Å². The highest BCUT2D eigenvalue weighted by atomic mass is 35.5. The maximum atomic E-state index is 6.38. The van der Waals surface area contributed by atoms with E-state index in [1.54, 1.807) is 0 Å². The molecule has 18 heavy (non-hydrogen) atoms. The van der Waals surface area contributed by atoms with Crippen molar-refractivity contribution >= 4 is 23.2 Å². The first-order chi connectivity index (χ1) is 8.63. The van der Waals surface area contributed by atoms with Crippen molar-refractivity contribution in [1.29, 1.82) is 0 Å². The van der Waals surface area contributed by atoms with Crippen LogP contribution in [-0.4, -0.2) is 7.05 Å². The molecule has 0 aliphatic carbocycles. The second-order valence-corrected chi connectivity index (χ2v) is 5.07. The fraction of sp³-hybridized carbons (Fsp3) is 0.200. The Morgan fingerprint density at radius 1 is 1.00 bits per heavy atom. The first kappa shape index (κ1) is 13.4. The van der Waals surface area contributed by atoms with E-state index in [9.17, 15) is 0 Å². The maximum Gasteiger partial charge on any atom is 0.0589 e. The second-order valence-electron chi connectivity index (χ2n) is 4.25. The first-order valence-electron chi connectivity index (χ1n) is 5.81. The van der Waals surface area contributed by atoms with Crippen LogP contribution in [0.5, 0.6) is 0 Å².